The minimum Gasteiger partial charge on any atom is -0.357 e. The van der Waals surface area contributed by atoms with Gasteiger partial charge in [0.25, 0.3) is 0 Å². The van der Waals surface area contributed by atoms with Gasteiger partial charge in [0.05, 0.1) is 11.3 Å². The van der Waals surface area contributed by atoms with Crippen molar-refractivity contribution in [3.8, 4) is 11.1 Å². The number of aryl methyl sites for hydroxylation is 1. The van der Waals surface area contributed by atoms with Crippen LogP contribution in [-0.2, 0) is 28.3 Å². The normalized spacial score (nSPS) is 11.4. The highest BCUT2D eigenvalue weighted by Crippen LogP contribution is 2.29. The molecule has 0 radical (unpaired) electrons. The maximum Gasteiger partial charge on any atom is 0.238 e. The van der Waals surface area contributed by atoms with Crippen molar-refractivity contribution in [1.82, 2.24) is 4.57 Å². The molecule has 3 rings (SSSR count). The number of benzene rings is 2. The molecule has 8 heteroatoms. The third kappa shape index (κ3) is 4.57. The first kappa shape index (κ1) is 19.2. The maximum atomic E-state index is 12.3. The molecule has 3 N–H and O–H groups in total. The third-order valence-corrected chi connectivity index (χ3v) is 5.34. The Morgan fingerprint density at radius 2 is 1.93 bits per heavy atom. The van der Waals surface area contributed by atoms with Gasteiger partial charge in [-0.25, -0.2) is 13.6 Å². The molecular weight excluding hydrogens is 386 g/mol. The number of sulfonamides is 1. The summed E-state index contributed by atoms with van der Waals surface area (Å²) < 4.78 is 25.9. The Labute approximate surface area is 162 Å². The topological polar surface area (TPSA) is 94.2 Å². The number of nitrogens with two attached hydrogens (primary N) is 1. The van der Waals surface area contributed by atoms with Gasteiger partial charge in [0.1, 0.15) is 0 Å². The van der Waals surface area contributed by atoms with Gasteiger partial charge in [0.15, 0.2) is 0 Å². The van der Waals surface area contributed by atoms with Gasteiger partial charge in [-0.05, 0) is 29.8 Å². The van der Waals surface area contributed by atoms with Crippen LogP contribution in [0.5, 0.6) is 0 Å². The molecule has 0 unspecified atom stereocenters. The van der Waals surface area contributed by atoms with Crippen LogP contribution < -0.4 is 10.5 Å². The molecule has 1 aromatic heterocycles. The van der Waals surface area contributed by atoms with Crippen LogP contribution in [0.1, 0.15) is 5.56 Å². The zero-order valence-electron chi connectivity index (χ0n) is 14.5. The lowest BCUT2D eigenvalue weighted by Gasteiger charge is -2.11. The van der Waals surface area contributed by atoms with Crippen LogP contribution in [0.2, 0.25) is 5.02 Å². The van der Waals surface area contributed by atoms with Crippen molar-refractivity contribution in [1.29, 1.82) is 0 Å². The summed E-state index contributed by atoms with van der Waals surface area (Å²) in [5.74, 6) is -0.309. The van der Waals surface area contributed by atoms with Gasteiger partial charge in [-0.2, -0.15) is 0 Å². The quantitative estimate of drug-likeness (QED) is 0.685. The van der Waals surface area contributed by atoms with Crippen LogP contribution in [0, 0.1) is 0 Å². The second kappa shape index (κ2) is 7.56. The predicted molar refractivity (Wildman–Crippen MR) is 106 cm³/mol. The first-order valence-electron chi connectivity index (χ1n) is 8.06. The minimum absolute atomic E-state index is 0.0516. The number of aromatic nitrogens is 1. The zero-order valence-corrected chi connectivity index (χ0v) is 16.1. The second-order valence-corrected chi connectivity index (χ2v) is 8.08. The number of primary sulfonamides is 1. The average Bonchev–Trinajstić information content (AvgIpc) is 3.02. The Balaban J connectivity index is 1.89. The summed E-state index contributed by atoms with van der Waals surface area (Å²) in [6.07, 6.45) is 3.67. The molecule has 0 aliphatic carbocycles. The summed E-state index contributed by atoms with van der Waals surface area (Å²) in [4.78, 5) is 12.2. The van der Waals surface area contributed by atoms with Gasteiger partial charge < -0.3 is 9.88 Å². The summed E-state index contributed by atoms with van der Waals surface area (Å²) >= 11 is 6.07. The predicted octanol–water partition coefficient (Wildman–Crippen LogP) is 3.17. The van der Waals surface area contributed by atoms with Crippen LogP contribution in [0.3, 0.4) is 0 Å². The maximum absolute atomic E-state index is 12.3. The molecule has 140 valence electrons. The molecule has 0 spiro atoms. The van der Waals surface area contributed by atoms with E-state index in [0.717, 1.165) is 5.56 Å². The van der Waals surface area contributed by atoms with E-state index in [9.17, 15) is 13.2 Å². The molecule has 0 saturated heterocycles. The average molecular weight is 404 g/mol. The molecule has 1 heterocycles. The molecule has 6 nitrogen and oxygen atoms in total. The summed E-state index contributed by atoms with van der Waals surface area (Å²) in [5.41, 5.74) is 2.22. The number of hydrogen-bond acceptors (Lipinski definition) is 3. The lowest BCUT2D eigenvalue weighted by Crippen LogP contribution is -2.17. The molecule has 0 aliphatic heterocycles. The SMILES string of the molecule is Cn1ccc(-c2ccc(NC(=O)Cc3ccccc3Cl)cc2S(N)(=O)=O)c1. The van der Waals surface area contributed by atoms with Gasteiger partial charge >= 0.3 is 0 Å². The number of carbonyl (C=O) groups excluding carboxylic acids is 1. The summed E-state index contributed by atoms with van der Waals surface area (Å²) in [6.45, 7) is 0. The molecule has 1 amide bonds. The highest BCUT2D eigenvalue weighted by molar-refractivity contribution is 7.89. The monoisotopic (exact) mass is 403 g/mol. The van der Waals surface area contributed by atoms with Crippen molar-refractivity contribution in [2.75, 3.05) is 5.32 Å². The number of hydrogen-bond donors (Lipinski definition) is 2. The van der Waals surface area contributed by atoms with E-state index < -0.39 is 10.0 Å². The summed E-state index contributed by atoms with van der Waals surface area (Å²) in [7, 11) is -2.14. The van der Waals surface area contributed by atoms with E-state index in [1.807, 2.05) is 17.8 Å². The van der Waals surface area contributed by atoms with Crippen LogP contribution in [0.4, 0.5) is 5.69 Å². The Morgan fingerprint density at radius 3 is 2.56 bits per heavy atom. The number of carbonyl (C=O) groups is 1. The van der Waals surface area contributed by atoms with Gasteiger partial charge in [-0.3, -0.25) is 4.79 Å². The van der Waals surface area contributed by atoms with E-state index in [4.69, 9.17) is 16.7 Å². The first-order valence-corrected chi connectivity index (χ1v) is 9.99. The van der Waals surface area contributed by atoms with E-state index in [-0.39, 0.29) is 17.2 Å². The standard InChI is InChI=1S/C19H18ClN3O3S/c1-23-9-8-14(12-23)16-7-6-15(11-18(16)27(21,25)26)22-19(24)10-13-4-2-3-5-17(13)20/h2-9,11-12H,10H2,1H3,(H,22,24)(H2,21,25,26). The fourth-order valence-corrected chi connectivity index (χ4v) is 3.74. The van der Waals surface area contributed by atoms with Gasteiger partial charge in [-0.1, -0.05) is 35.9 Å². The number of anilines is 1. The van der Waals surface area contributed by atoms with Crippen LogP contribution >= 0.6 is 11.6 Å². The molecule has 27 heavy (non-hydrogen) atoms. The van der Waals surface area contributed by atoms with E-state index in [0.29, 0.717) is 21.8 Å². The highest BCUT2D eigenvalue weighted by Gasteiger charge is 2.18. The molecule has 2 aromatic carbocycles. The van der Waals surface area contributed by atoms with Crippen molar-refractivity contribution < 1.29 is 13.2 Å². The molecule has 0 saturated carbocycles. The lowest BCUT2D eigenvalue weighted by molar-refractivity contribution is -0.115. The second-order valence-electron chi connectivity index (χ2n) is 6.14. The number of nitrogens with one attached hydrogen (secondary N) is 1. The first-order chi connectivity index (χ1) is 12.7. The highest BCUT2D eigenvalue weighted by atomic mass is 35.5. The molecule has 0 atom stereocenters. The van der Waals surface area contributed by atoms with Crippen LogP contribution in [0.15, 0.2) is 65.8 Å². The van der Waals surface area contributed by atoms with Gasteiger partial charge in [0, 0.05) is 41.3 Å². The fraction of sp³-hybridized carbons (Fsp3) is 0.105. The van der Waals surface area contributed by atoms with E-state index in [1.165, 1.54) is 6.07 Å². The number of amides is 1. The third-order valence-electron chi connectivity index (χ3n) is 4.02. The van der Waals surface area contributed by atoms with Crippen molar-refractivity contribution >= 4 is 33.2 Å². The molecule has 0 bridgehead atoms. The fourth-order valence-electron chi connectivity index (χ4n) is 2.76. The number of nitrogens with zero attached hydrogens (tertiary/aromatic N) is 1. The van der Waals surface area contributed by atoms with E-state index in [1.54, 1.807) is 48.7 Å². The Hall–Kier alpha value is -2.61. The summed E-state index contributed by atoms with van der Waals surface area (Å²) in [5, 5.41) is 8.57. The molecule has 0 fully saturated rings. The zero-order chi connectivity index (χ0) is 19.6. The molecular formula is C19H18ClN3O3S. The number of halogens is 1. The van der Waals surface area contributed by atoms with E-state index in [2.05, 4.69) is 5.32 Å². The lowest BCUT2D eigenvalue weighted by atomic mass is 10.1. The van der Waals surface area contributed by atoms with Crippen molar-refractivity contribution in [3.63, 3.8) is 0 Å². The largest absolute Gasteiger partial charge is 0.357 e. The van der Waals surface area contributed by atoms with Crippen molar-refractivity contribution in [3.05, 3.63) is 71.5 Å². The van der Waals surface area contributed by atoms with Crippen molar-refractivity contribution in [2.45, 2.75) is 11.3 Å². The Kier molecular flexibility index (Phi) is 5.36. The summed E-state index contributed by atoms with van der Waals surface area (Å²) in [6, 6.07) is 13.5. The van der Waals surface area contributed by atoms with E-state index >= 15 is 0 Å². The Bertz CT molecular complexity index is 1110. The smallest absolute Gasteiger partial charge is 0.238 e. The van der Waals surface area contributed by atoms with Crippen LogP contribution in [0.25, 0.3) is 11.1 Å². The van der Waals surface area contributed by atoms with Crippen molar-refractivity contribution in [2.24, 2.45) is 12.2 Å². The van der Waals surface area contributed by atoms with Gasteiger partial charge in [-0.15, -0.1) is 0 Å². The molecule has 3 aromatic rings. The van der Waals surface area contributed by atoms with Crippen LogP contribution in [-0.4, -0.2) is 18.9 Å². The van der Waals surface area contributed by atoms with Gasteiger partial charge in [0.2, 0.25) is 15.9 Å². The Morgan fingerprint density at radius 1 is 1.19 bits per heavy atom. The minimum atomic E-state index is -3.98. The molecule has 0 aliphatic rings. The number of rotatable bonds is 5.